The van der Waals surface area contributed by atoms with Crippen LogP contribution in [0, 0.1) is 6.92 Å². The molecule has 138 valence electrons. The minimum absolute atomic E-state index is 0.297. The van der Waals surface area contributed by atoms with Gasteiger partial charge in [0.05, 0.1) is 6.26 Å². The maximum Gasteiger partial charge on any atom is 0.334 e. The standard InChI is InChI=1S/C20H28O5/c1-13(2)7-5-8-15-9-6-11-20(4,25-19(15)23)18(22)16(21)17-14(3)10-12-24-17/h7,9-10,12,16,18,21-22H,5-6,8,11H2,1-4H3. The van der Waals surface area contributed by atoms with Crippen LogP contribution in [-0.4, -0.2) is 27.9 Å². The van der Waals surface area contributed by atoms with E-state index in [-0.39, 0.29) is 0 Å². The Kier molecular flexibility index (Phi) is 6.25. The summed E-state index contributed by atoms with van der Waals surface area (Å²) in [7, 11) is 0. The van der Waals surface area contributed by atoms with Gasteiger partial charge in [0.15, 0.2) is 0 Å². The van der Waals surface area contributed by atoms with Crippen LogP contribution in [0.5, 0.6) is 0 Å². The highest BCUT2D eigenvalue weighted by Crippen LogP contribution is 2.35. The van der Waals surface area contributed by atoms with Crippen LogP contribution in [0.3, 0.4) is 0 Å². The van der Waals surface area contributed by atoms with E-state index in [1.165, 1.54) is 11.8 Å². The second-order valence-corrected chi connectivity index (χ2v) is 7.15. The molecule has 3 unspecified atom stereocenters. The highest BCUT2D eigenvalue weighted by Gasteiger charge is 2.44. The Hall–Kier alpha value is -1.85. The minimum Gasteiger partial charge on any atom is -0.466 e. The first-order valence-electron chi connectivity index (χ1n) is 8.70. The zero-order valence-electron chi connectivity index (χ0n) is 15.4. The maximum absolute atomic E-state index is 12.5. The SMILES string of the molecule is CC(C)=CCCC1=CCCC(C)(C(O)C(O)c2occc2C)OC1=O. The van der Waals surface area contributed by atoms with E-state index in [4.69, 9.17) is 9.15 Å². The van der Waals surface area contributed by atoms with Crippen molar-refractivity contribution in [3.63, 3.8) is 0 Å². The highest BCUT2D eigenvalue weighted by molar-refractivity contribution is 5.89. The number of carbonyl (C=O) groups is 1. The van der Waals surface area contributed by atoms with Crippen molar-refractivity contribution in [1.82, 2.24) is 0 Å². The number of hydrogen-bond acceptors (Lipinski definition) is 5. The lowest BCUT2D eigenvalue weighted by molar-refractivity contribution is -0.178. The van der Waals surface area contributed by atoms with Gasteiger partial charge in [0.2, 0.25) is 0 Å². The molecule has 0 aliphatic carbocycles. The third-order valence-corrected chi connectivity index (χ3v) is 4.68. The number of aliphatic hydroxyl groups is 2. The first kappa shape index (κ1) is 19.5. The number of aliphatic hydroxyl groups excluding tert-OH is 2. The number of hydrogen-bond donors (Lipinski definition) is 2. The van der Waals surface area contributed by atoms with Crippen molar-refractivity contribution in [2.45, 2.75) is 71.2 Å². The number of carbonyl (C=O) groups excluding carboxylic acids is 1. The van der Waals surface area contributed by atoms with E-state index in [0.29, 0.717) is 30.6 Å². The topological polar surface area (TPSA) is 79.9 Å². The Morgan fingerprint density at radius 2 is 2.12 bits per heavy atom. The molecule has 1 aromatic rings. The number of ether oxygens (including phenoxy) is 1. The minimum atomic E-state index is -1.27. The predicted octanol–water partition coefficient (Wildman–Crippen LogP) is 3.75. The molecule has 2 N–H and O–H groups in total. The van der Waals surface area contributed by atoms with Gasteiger partial charge in [-0.15, -0.1) is 0 Å². The molecule has 0 bridgehead atoms. The number of aryl methyl sites for hydroxylation is 1. The fourth-order valence-electron chi connectivity index (χ4n) is 3.04. The van der Waals surface area contributed by atoms with E-state index in [1.54, 1.807) is 19.9 Å². The lowest BCUT2D eigenvalue weighted by atomic mass is 9.88. The smallest absolute Gasteiger partial charge is 0.334 e. The third-order valence-electron chi connectivity index (χ3n) is 4.68. The summed E-state index contributed by atoms with van der Waals surface area (Å²) < 4.78 is 10.9. The van der Waals surface area contributed by atoms with Crippen LogP contribution in [0.1, 0.15) is 63.9 Å². The molecule has 0 aromatic carbocycles. The molecule has 2 heterocycles. The summed E-state index contributed by atoms with van der Waals surface area (Å²) in [6.45, 7) is 7.49. The molecule has 0 spiro atoms. The Labute approximate surface area is 149 Å². The van der Waals surface area contributed by atoms with E-state index in [9.17, 15) is 15.0 Å². The van der Waals surface area contributed by atoms with Crippen molar-refractivity contribution in [2.24, 2.45) is 0 Å². The van der Waals surface area contributed by atoms with Gasteiger partial charge in [-0.2, -0.15) is 0 Å². The molecule has 5 nitrogen and oxygen atoms in total. The summed E-state index contributed by atoms with van der Waals surface area (Å²) in [4.78, 5) is 12.5. The van der Waals surface area contributed by atoms with E-state index in [1.807, 2.05) is 19.9 Å². The van der Waals surface area contributed by atoms with Gasteiger partial charge < -0.3 is 19.4 Å². The molecule has 0 saturated carbocycles. The van der Waals surface area contributed by atoms with Crippen LogP contribution in [-0.2, 0) is 9.53 Å². The fourth-order valence-corrected chi connectivity index (χ4v) is 3.04. The molecule has 2 rings (SSSR count). The van der Waals surface area contributed by atoms with Crippen LogP contribution < -0.4 is 0 Å². The van der Waals surface area contributed by atoms with Gasteiger partial charge in [-0.1, -0.05) is 17.7 Å². The molecule has 3 atom stereocenters. The van der Waals surface area contributed by atoms with Crippen molar-refractivity contribution in [3.8, 4) is 0 Å². The van der Waals surface area contributed by atoms with Crippen molar-refractivity contribution >= 4 is 5.97 Å². The molecule has 0 saturated heterocycles. The second kappa shape index (κ2) is 8.02. The first-order chi connectivity index (χ1) is 11.7. The molecule has 0 radical (unpaired) electrons. The normalized spacial score (nSPS) is 23.3. The summed E-state index contributed by atoms with van der Waals surface area (Å²) in [6.07, 6.45) is 5.32. The highest BCUT2D eigenvalue weighted by atomic mass is 16.6. The predicted molar refractivity (Wildman–Crippen MR) is 94.9 cm³/mol. The maximum atomic E-state index is 12.5. The molecule has 25 heavy (non-hydrogen) atoms. The summed E-state index contributed by atoms with van der Waals surface area (Å²) in [5, 5.41) is 21.1. The van der Waals surface area contributed by atoms with Crippen LogP contribution in [0.4, 0.5) is 0 Å². The summed E-state index contributed by atoms with van der Waals surface area (Å²) in [5.41, 5.74) is 1.40. The Morgan fingerprint density at radius 3 is 2.72 bits per heavy atom. The fraction of sp³-hybridized carbons (Fsp3) is 0.550. The van der Waals surface area contributed by atoms with E-state index in [0.717, 1.165) is 12.0 Å². The van der Waals surface area contributed by atoms with E-state index < -0.39 is 23.8 Å². The number of esters is 1. The Bertz CT molecular complexity index is 665. The van der Waals surface area contributed by atoms with E-state index >= 15 is 0 Å². The van der Waals surface area contributed by atoms with Gasteiger partial charge in [0, 0.05) is 5.57 Å². The molecule has 1 aromatic heterocycles. The third kappa shape index (κ3) is 4.61. The second-order valence-electron chi connectivity index (χ2n) is 7.15. The average Bonchev–Trinajstić information content (AvgIpc) is 2.91. The average molecular weight is 348 g/mol. The molecule has 0 amide bonds. The number of allylic oxidation sites excluding steroid dienone is 3. The van der Waals surface area contributed by atoms with Gasteiger partial charge in [-0.25, -0.2) is 4.79 Å². The summed E-state index contributed by atoms with van der Waals surface area (Å²) >= 11 is 0. The zero-order chi connectivity index (χ0) is 18.6. The van der Waals surface area contributed by atoms with Gasteiger partial charge >= 0.3 is 5.97 Å². The van der Waals surface area contributed by atoms with Crippen LogP contribution in [0.2, 0.25) is 0 Å². The van der Waals surface area contributed by atoms with Gasteiger partial charge in [0.25, 0.3) is 0 Å². The summed E-state index contributed by atoms with van der Waals surface area (Å²) in [6, 6.07) is 1.72. The number of furan rings is 1. The van der Waals surface area contributed by atoms with Crippen molar-refractivity contribution in [3.05, 3.63) is 47.0 Å². The van der Waals surface area contributed by atoms with E-state index in [2.05, 4.69) is 6.08 Å². The van der Waals surface area contributed by atoms with Crippen LogP contribution in [0.15, 0.2) is 40.0 Å². The van der Waals surface area contributed by atoms with Crippen molar-refractivity contribution in [2.75, 3.05) is 0 Å². The number of cyclic esters (lactones) is 1. The quantitative estimate of drug-likeness (QED) is 0.604. The molecular formula is C20H28O5. The van der Waals surface area contributed by atoms with Gasteiger partial charge in [0.1, 0.15) is 23.6 Å². The molecular weight excluding hydrogens is 320 g/mol. The van der Waals surface area contributed by atoms with Crippen molar-refractivity contribution < 1.29 is 24.2 Å². The lowest BCUT2D eigenvalue weighted by Gasteiger charge is -2.35. The van der Waals surface area contributed by atoms with Gasteiger partial charge in [-0.3, -0.25) is 0 Å². The first-order valence-corrected chi connectivity index (χ1v) is 8.70. The summed E-state index contributed by atoms with van der Waals surface area (Å²) in [5.74, 6) is -0.129. The zero-order valence-corrected chi connectivity index (χ0v) is 15.4. The molecule has 5 heteroatoms. The Morgan fingerprint density at radius 1 is 1.40 bits per heavy atom. The lowest BCUT2D eigenvalue weighted by Crippen LogP contribution is -2.46. The van der Waals surface area contributed by atoms with Crippen molar-refractivity contribution in [1.29, 1.82) is 0 Å². The largest absolute Gasteiger partial charge is 0.466 e. The molecule has 0 fully saturated rings. The van der Waals surface area contributed by atoms with Crippen LogP contribution >= 0.6 is 0 Å². The molecule has 1 aliphatic heterocycles. The monoisotopic (exact) mass is 348 g/mol. The Balaban J connectivity index is 2.09. The molecule has 1 aliphatic rings. The van der Waals surface area contributed by atoms with Gasteiger partial charge in [-0.05, 0) is 65.0 Å². The number of rotatable bonds is 6. The van der Waals surface area contributed by atoms with Crippen LogP contribution in [0.25, 0.3) is 0 Å².